The van der Waals surface area contributed by atoms with E-state index in [0.29, 0.717) is 72.1 Å². The summed E-state index contributed by atoms with van der Waals surface area (Å²) >= 11 is 1.43. The maximum absolute atomic E-state index is 14.4. The van der Waals surface area contributed by atoms with Gasteiger partial charge in [0.15, 0.2) is 11.2 Å². The first kappa shape index (κ1) is 31.3. The van der Waals surface area contributed by atoms with Gasteiger partial charge in [0.25, 0.3) is 0 Å². The number of ether oxygens (including phenoxy) is 2. The molecule has 0 saturated carbocycles. The van der Waals surface area contributed by atoms with Crippen LogP contribution in [-0.4, -0.2) is 69.2 Å². The van der Waals surface area contributed by atoms with Crippen LogP contribution in [0.15, 0.2) is 16.1 Å². The number of allylic oxidation sites excluding steroid dienone is 2. The highest BCUT2D eigenvalue weighted by Crippen LogP contribution is 2.45. The van der Waals surface area contributed by atoms with E-state index in [1.807, 2.05) is 6.92 Å². The number of rotatable bonds is 9. The number of Topliss-reactive ketones (excluding diaryl/α,β-unsaturated/α-hetero) is 1. The number of aromatic nitrogens is 4. The summed E-state index contributed by atoms with van der Waals surface area (Å²) in [4.78, 5) is 40.9. The second kappa shape index (κ2) is 12.9. The number of nitrogens with zero attached hydrogens (tertiary/aromatic N) is 6. The van der Waals surface area contributed by atoms with Crippen molar-refractivity contribution in [3.05, 3.63) is 43.6 Å². The van der Waals surface area contributed by atoms with Crippen molar-refractivity contribution in [2.24, 2.45) is 12.8 Å². The molecule has 0 spiro atoms. The SMILES string of the molecule is CCC/C(C(=O)c1nc(OC[C@@H]2CCCN2C)c2c(n1)n([C@H]1CCCOC1)c(=O)n2C)=C(/N)C1CCCc2sc(N)c(C#N)c21. The van der Waals surface area contributed by atoms with E-state index >= 15 is 0 Å². The van der Waals surface area contributed by atoms with Gasteiger partial charge < -0.3 is 25.8 Å². The van der Waals surface area contributed by atoms with Crippen LogP contribution in [0.5, 0.6) is 5.88 Å². The van der Waals surface area contributed by atoms with E-state index in [1.54, 1.807) is 11.6 Å². The van der Waals surface area contributed by atoms with Crippen LogP contribution in [-0.2, 0) is 18.2 Å². The van der Waals surface area contributed by atoms with Crippen LogP contribution in [0.3, 0.4) is 0 Å². The van der Waals surface area contributed by atoms with Gasteiger partial charge in [0, 0.05) is 41.8 Å². The number of carbonyl (C=O) groups excluding carboxylic acids is 1. The molecule has 3 aliphatic rings. The molecule has 5 heterocycles. The van der Waals surface area contributed by atoms with Crippen LogP contribution < -0.4 is 21.9 Å². The van der Waals surface area contributed by atoms with Crippen LogP contribution in [0.4, 0.5) is 5.00 Å². The number of likely N-dealkylation sites (tertiary alicyclic amines) is 1. The average molecular weight is 635 g/mol. The molecule has 0 radical (unpaired) electrons. The molecule has 45 heavy (non-hydrogen) atoms. The van der Waals surface area contributed by atoms with E-state index < -0.39 is 5.78 Å². The number of imidazole rings is 1. The molecular formula is C32H42N8O4S. The zero-order chi connectivity index (χ0) is 31.8. The molecule has 2 fully saturated rings. The molecule has 12 nitrogen and oxygen atoms in total. The van der Waals surface area contributed by atoms with Crippen molar-refractivity contribution < 1.29 is 14.3 Å². The number of anilines is 1. The predicted octanol–water partition coefficient (Wildman–Crippen LogP) is 3.79. The minimum Gasteiger partial charge on any atom is -0.474 e. The van der Waals surface area contributed by atoms with Crippen molar-refractivity contribution >= 4 is 33.3 Å². The van der Waals surface area contributed by atoms with Crippen LogP contribution in [0, 0.1) is 11.3 Å². The van der Waals surface area contributed by atoms with Gasteiger partial charge in [-0.3, -0.25) is 13.9 Å². The first-order chi connectivity index (χ1) is 21.7. The fourth-order valence-corrected chi connectivity index (χ4v) is 8.27. The number of nitrogens with two attached hydrogens (primary N) is 2. The average Bonchev–Trinajstić information content (AvgIpc) is 3.69. The van der Waals surface area contributed by atoms with Crippen molar-refractivity contribution in [3.63, 3.8) is 0 Å². The summed E-state index contributed by atoms with van der Waals surface area (Å²) in [5, 5.41) is 10.4. The number of nitriles is 1. The number of hydrogen-bond acceptors (Lipinski definition) is 11. The van der Waals surface area contributed by atoms with Gasteiger partial charge in [0.1, 0.15) is 17.7 Å². The number of likely N-dealkylation sites (N-methyl/N-ethyl adjacent to an activating group) is 1. The minimum absolute atomic E-state index is 0.0545. The summed E-state index contributed by atoms with van der Waals surface area (Å²) in [7, 11) is 3.76. The molecule has 4 N–H and O–H groups in total. The lowest BCUT2D eigenvalue weighted by Crippen LogP contribution is -2.31. The van der Waals surface area contributed by atoms with E-state index in [4.69, 9.17) is 30.9 Å². The van der Waals surface area contributed by atoms with E-state index in [1.165, 1.54) is 15.9 Å². The summed E-state index contributed by atoms with van der Waals surface area (Å²) in [6.07, 6.45) is 7.19. The van der Waals surface area contributed by atoms with E-state index in [-0.39, 0.29) is 35.4 Å². The summed E-state index contributed by atoms with van der Waals surface area (Å²) < 4.78 is 15.2. The van der Waals surface area contributed by atoms with Crippen LogP contribution in [0.25, 0.3) is 11.2 Å². The molecule has 3 aromatic rings. The van der Waals surface area contributed by atoms with Crippen molar-refractivity contribution in [2.45, 2.75) is 82.7 Å². The van der Waals surface area contributed by atoms with E-state index in [9.17, 15) is 14.9 Å². The van der Waals surface area contributed by atoms with Crippen molar-refractivity contribution in [1.29, 1.82) is 5.26 Å². The monoisotopic (exact) mass is 634 g/mol. The Bertz CT molecular complexity index is 1740. The summed E-state index contributed by atoms with van der Waals surface area (Å²) in [6.45, 7) is 4.39. The van der Waals surface area contributed by atoms with Gasteiger partial charge in [-0.25, -0.2) is 9.78 Å². The molecular weight excluding hydrogens is 592 g/mol. The Hall–Kier alpha value is -3.73. The summed E-state index contributed by atoms with van der Waals surface area (Å²) in [5.74, 6) is -0.531. The van der Waals surface area contributed by atoms with E-state index in [0.717, 1.165) is 55.5 Å². The molecule has 2 aliphatic heterocycles. The first-order valence-electron chi connectivity index (χ1n) is 16.0. The van der Waals surface area contributed by atoms with Crippen LogP contribution in [0.2, 0.25) is 0 Å². The number of fused-ring (bicyclic) bond motifs is 2. The molecule has 3 aromatic heterocycles. The van der Waals surface area contributed by atoms with Gasteiger partial charge in [-0.05, 0) is 70.5 Å². The number of nitrogen functional groups attached to an aromatic ring is 1. The highest BCUT2D eigenvalue weighted by molar-refractivity contribution is 7.16. The fourth-order valence-electron chi connectivity index (χ4n) is 7.14. The normalized spacial score (nSPS) is 22.7. The Morgan fingerprint density at radius 1 is 1.20 bits per heavy atom. The number of ketones is 1. The predicted molar refractivity (Wildman–Crippen MR) is 173 cm³/mol. The third kappa shape index (κ3) is 5.64. The van der Waals surface area contributed by atoms with E-state index in [2.05, 4.69) is 18.0 Å². The molecule has 13 heteroatoms. The maximum Gasteiger partial charge on any atom is 0.330 e. The molecule has 0 aromatic carbocycles. The molecule has 3 atom stereocenters. The molecule has 1 aliphatic carbocycles. The molecule has 2 saturated heterocycles. The first-order valence-corrected chi connectivity index (χ1v) is 16.8. The highest BCUT2D eigenvalue weighted by atomic mass is 32.1. The minimum atomic E-state index is -0.393. The van der Waals surface area contributed by atoms with Gasteiger partial charge in [-0.15, -0.1) is 11.3 Å². The van der Waals surface area contributed by atoms with Gasteiger partial charge in [-0.1, -0.05) is 13.3 Å². The lowest BCUT2D eigenvalue weighted by Gasteiger charge is -2.25. The molecule has 6 rings (SSSR count). The summed E-state index contributed by atoms with van der Waals surface area (Å²) in [6, 6.07) is 2.26. The van der Waals surface area contributed by atoms with Crippen LogP contribution >= 0.6 is 11.3 Å². The van der Waals surface area contributed by atoms with Gasteiger partial charge >= 0.3 is 5.69 Å². The number of hydrogen-bond donors (Lipinski definition) is 2. The lowest BCUT2D eigenvalue weighted by molar-refractivity contribution is 0.0590. The second-order valence-corrected chi connectivity index (χ2v) is 13.6. The molecule has 0 bridgehead atoms. The Morgan fingerprint density at radius 2 is 2.02 bits per heavy atom. The molecule has 240 valence electrons. The number of aryl methyl sites for hydroxylation is 2. The molecule has 0 amide bonds. The fraction of sp³-hybridized carbons (Fsp3) is 0.594. The Labute approximate surface area is 266 Å². The second-order valence-electron chi connectivity index (χ2n) is 12.4. The topological polar surface area (TPSA) is 167 Å². The zero-order valence-corrected chi connectivity index (χ0v) is 27.1. The quantitative estimate of drug-likeness (QED) is 0.261. The zero-order valence-electron chi connectivity index (χ0n) is 26.3. The Morgan fingerprint density at radius 3 is 2.71 bits per heavy atom. The van der Waals surface area contributed by atoms with Crippen molar-refractivity contribution in [2.75, 3.05) is 39.1 Å². The van der Waals surface area contributed by atoms with Gasteiger partial charge in [0.2, 0.25) is 17.5 Å². The number of thiophene rings is 1. The van der Waals surface area contributed by atoms with Gasteiger partial charge in [-0.2, -0.15) is 10.2 Å². The maximum atomic E-state index is 14.4. The third-order valence-electron chi connectivity index (χ3n) is 9.58. The largest absolute Gasteiger partial charge is 0.474 e. The van der Waals surface area contributed by atoms with Crippen molar-refractivity contribution in [3.8, 4) is 11.9 Å². The van der Waals surface area contributed by atoms with Crippen LogP contribution in [0.1, 0.15) is 96.9 Å². The third-order valence-corrected chi connectivity index (χ3v) is 10.7. The highest BCUT2D eigenvalue weighted by Gasteiger charge is 2.34. The van der Waals surface area contributed by atoms with Crippen molar-refractivity contribution in [1.82, 2.24) is 24.0 Å². The molecule has 1 unspecified atom stereocenters. The lowest BCUT2D eigenvalue weighted by atomic mass is 9.80. The smallest absolute Gasteiger partial charge is 0.330 e. The standard InChI is InChI=1S/C32H42N8O4S/c1-4-8-21(25(34)20-11-5-12-23-24(20)22(15-33)28(35)45-23)27(41)29-36-30-26(31(37-29)44-17-18-9-6-13-38(18)2)39(3)32(42)40(30)19-10-7-14-43-16-19/h18-20H,4-14,16-17,34-35H2,1-3H3/b25-21-/t18-,19-,20?/m0/s1. The Balaban J connectivity index is 1.48. The van der Waals surface area contributed by atoms with Gasteiger partial charge in [0.05, 0.1) is 18.2 Å². The Kier molecular flexibility index (Phi) is 8.99. The summed E-state index contributed by atoms with van der Waals surface area (Å²) in [5.41, 5.74) is 15.8. The number of carbonyl (C=O) groups is 1.